The Labute approximate surface area is 204 Å². The van der Waals surface area contributed by atoms with Gasteiger partial charge in [0.15, 0.2) is 0 Å². The summed E-state index contributed by atoms with van der Waals surface area (Å²) in [5, 5.41) is 11.0. The van der Waals surface area contributed by atoms with Gasteiger partial charge in [-0.2, -0.15) is 4.98 Å². The number of hydrogen-bond donors (Lipinski definition) is 2. The smallest absolute Gasteiger partial charge is 0.378 e. The van der Waals surface area contributed by atoms with Gasteiger partial charge in [-0.15, -0.1) is 5.10 Å². The lowest BCUT2D eigenvalue weighted by atomic mass is 9.95. The van der Waals surface area contributed by atoms with Crippen molar-refractivity contribution in [3.8, 4) is 0 Å². The number of halogens is 2. The Hall–Kier alpha value is -3.17. The minimum absolute atomic E-state index is 0.0829. The highest BCUT2D eigenvalue weighted by molar-refractivity contribution is 9.10. The average molecular weight is 531 g/mol. The van der Waals surface area contributed by atoms with Crippen LogP contribution in [0.4, 0.5) is 11.6 Å². The number of allylic oxidation sites excluding steroid dienone is 1. The number of amides is 1. The first-order chi connectivity index (χ1) is 15.7. The molecule has 0 spiro atoms. The molecule has 1 aliphatic rings. The summed E-state index contributed by atoms with van der Waals surface area (Å²) in [5.41, 5.74) is 2.44. The summed E-state index contributed by atoms with van der Waals surface area (Å²) < 4.78 is 7.67. The SMILES string of the molecule is CC1=C(C(=O)Nc2ccc(Cl)cc2)[C@H](c2ccc(Br)cc2)n2nc(C(=O)OC(C)C)nc2N1. The maximum absolute atomic E-state index is 13.4. The molecule has 0 saturated carbocycles. The van der Waals surface area contributed by atoms with Crippen molar-refractivity contribution in [2.24, 2.45) is 0 Å². The van der Waals surface area contributed by atoms with E-state index >= 15 is 0 Å². The predicted octanol–water partition coefficient (Wildman–Crippen LogP) is 5.19. The van der Waals surface area contributed by atoms with Crippen molar-refractivity contribution in [3.63, 3.8) is 0 Å². The number of ether oxygens (including phenoxy) is 1. The molecule has 0 unspecified atom stereocenters. The maximum atomic E-state index is 13.4. The van der Waals surface area contributed by atoms with E-state index in [9.17, 15) is 9.59 Å². The second-order valence-electron chi connectivity index (χ2n) is 7.74. The topological polar surface area (TPSA) is 98.1 Å². The van der Waals surface area contributed by atoms with Crippen molar-refractivity contribution in [1.82, 2.24) is 14.8 Å². The third-order valence-corrected chi connectivity index (χ3v) is 5.69. The van der Waals surface area contributed by atoms with Crippen LogP contribution >= 0.6 is 27.5 Å². The number of nitrogens with one attached hydrogen (secondary N) is 2. The summed E-state index contributed by atoms with van der Waals surface area (Å²) in [6.45, 7) is 5.29. The van der Waals surface area contributed by atoms with E-state index in [2.05, 4.69) is 36.6 Å². The summed E-state index contributed by atoms with van der Waals surface area (Å²) in [6, 6.07) is 13.8. The highest BCUT2D eigenvalue weighted by Crippen LogP contribution is 2.36. The molecular weight excluding hydrogens is 510 g/mol. The van der Waals surface area contributed by atoms with Crippen LogP contribution in [-0.2, 0) is 9.53 Å². The minimum atomic E-state index is -0.631. The molecule has 2 N–H and O–H groups in total. The van der Waals surface area contributed by atoms with Gasteiger partial charge >= 0.3 is 5.97 Å². The molecule has 1 amide bonds. The Morgan fingerprint density at radius 3 is 2.45 bits per heavy atom. The largest absolute Gasteiger partial charge is 0.457 e. The summed E-state index contributed by atoms with van der Waals surface area (Å²) in [4.78, 5) is 30.1. The summed E-state index contributed by atoms with van der Waals surface area (Å²) in [6.07, 6.45) is -0.311. The molecule has 3 aromatic rings. The Bertz CT molecular complexity index is 1240. The number of aromatic nitrogens is 3. The van der Waals surface area contributed by atoms with E-state index < -0.39 is 12.0 Å². The molecule has 1 aliphatic heterocycles. The first kappa shape index (κ1) is 23.0. The zero-order chi connectivity index (χ0) is 23.7. The lowest BCUT2D eigenvalue weighted by Gasteiger charge is -2.28. The molecule has 0 bridgehead atoms. The van der Waals surface area contributed by atoms with Gasteiger partial charge in [-0.1, -0.05) is 39.7 Å². The third-order valence-electron chi connectivity index (χ3n) is 4.91. The lowest BCUT2D eigenvalue weighted by molar-refractivity contribution is -0.113. The quantitative estimate of drug-likeness (QED) is 0.441. The van der Waals surface area contributed by atoms with E-state index in [1.165, 1.54) is 4.68 Å². The number of fused-ring (bicyclic) bond motifs is 1. The van der Waals surface area contributed by atoms with Gasteiger partial charge in [-0.25, -0.2) is 9.48 Å². The van der Waals surface area contributed by atoms with Crippen LogP contribution < -0.4 is 10.6 Å². The molecular formula is C23H21BrClN5O3. The molecule has 33 heavy (non-hydrogen) atoms. The third kappa shape index (κ3) is 4.94. The predicted molar refractivity (Wildman–Crippen MR) is 129 cm³/mol. The molecule has 0 saturated heterocycles. The lowest BCUT2D eigenvalue weighted by Crippen LogP contribution is -2.31. The molecule has 10 heteroatoms. The van der Waals surface area contributed by atoms with Crippen molar-refractivity contribution >= 4 is 51.0 Å². The number of carbonyl (C=O) groups excluding carboxylic acids is 2. The molecule has 8 nitrogen and oxygen atoms in total. The van der Waals surface area contributed by atoms with Crippen LogP contribution in [0, 0.1) is 0 Å². The van der Waals surface area contributed by atoms with Crippen molar-refractivity contribution in [2.45, 2.75) is 32.9 Å². The first-order valence-electron chi connectivity index (χ1n) is 10.2. The van der Waals surface area contributed by atoms with Crippen LogP contribution in [0.2, 0.25) is 5.02 Å². The Morgan fingerprint density at radius 1 is 1.15 bits per heavy atom. The zero-order valence-corrected chi connectivity index (χ0v) is 20.4. The average Bonchev–Trinajstić information content (AvgIpc) is 3.18. The fraction of sp³-hybridized carbons (Fsp3) is 0.217. The number of anilines is 2. The Kier molecular flexibility index (Phi) is 6.53. The van der Waals surface area contributed by atoms with Crippen LogP contribution in [-0.4, -0.2) is 32.7 Å². The molecule has 0 aliphatic carbocycles. The van der Waals surface area contributed by atoms with Crippen LogP contribution in [0.5, 0.6) is 0 Å². The highest BCUT2D eigenvalue weighted by Gasteiger charge is 2.35. The first-order valence-corrected chi connectivity index (χ1v) is 11.4. The monoisotopic (exact) mass is 529 g/mol. The number of nitrogens with zero attached hydrogens (tertiary/aromatic N) is 3. The standard InChI is InChI=1S/C23H21BrClN5O3/c1-12(2)33-22(32)20-28-23-26-13(3)18(21(31)27-17-10-8-16(25)9-11-17)19(30(23)29-20)14-4-6-15(24)7-5-14/h4-12,19H,1-3H3,(H,27,31)(H,26,28,29)/t19-/m0/s1. The van der Waals surface area contributed by atoms with Crippen molar-refractivity contribution < 1.29 is 14.3 Å². The van der Waals surface area contributed by atoms with E-state index in [1.807, 2.05) is 24.3 Å². The minimum Gasteiger partial charge on any atom is -0.457 e. The molecule has 1 aromatic heterocycles. The molecule has 0 fully saturated rings. The fourth-order valence-corrected chi connectivity index (χ4v) is 3.87. The van der Waals surface area contributed by atoms with Crippen molar-refractivity contribution in [1.29, 1.82) is 0 Å². The van der Waals surface area contributed by atoms with Gasteiger partial charge in [0.25, 0.3) is 11.7 Å². The fourth-order valence-electron chi connectivity index (χ4n) is 3.48. The van der Waals surface area contributed by atoms with E-state index in [0.29, 0.717) is 27.9 Å². The maximum Gasteiger partial charge on any atom is 0.378 e. The van der Waals surface area contributed by atoms with Gasteiger partial charge in [-0.3, -0.25) is 4.79 Å². The van der Waals surface area contributed by atoms with Gasteiger partial charge in [0.05, 0.1) is 11.7 Å². The summed E-state index contributed by atoms with van der Waals surface area (Å²) in [7, 11) is 0. The highest BCUT2D eigenvalue weighted by atomic mass is 79.9. The van der Waals surface area contributed by atoms with Crippen molar-refractivity contribution in [3.05, 3.63) is 80.7 Å². The number of rotatable bonds is 5. The van der Waals surface area contributed by atoms with Crippen LogP contribution in [0.1, 0.15) is 43.0 Å². The van der Waals surface area contributed by atoms with Crippen LogP contribution in [0.25, 0.3) is 0 Å². The van der Waals surface area contributed by atoms with Gasteiger partial charge in [0.1, 0.15) is 6.04 Å². The number of benzene rings is 2. The van der Waals surface area contributed by atoms with Gasteiger partial charge in [0, 0.05) is 20.9 Å². The number of hydrogen-bond acceptors (Lipinski definition) is 6. The second-order valence-corrected chi connectivity index (χ2v) is 9.09. The van der Waals surface area contributed by atoms with Crippen LogP contribution in [0.3, 0.4) is 0 Å². The van der Waals surface area contributed by atoms with Gasteiger partial charge in [0.2, 0.25) is 5.95 Å². The van der Waals surface area contributed by atoms with E-state index in [4.69, 9.17) is 16.3 Å². The molecule has 170 valence electrons. The molecule has 2 aromatic carbocycles. The van der Waals surface area contributed by atoms with E-state index in [-0.39, 0.29) is 17.8 Å². The summed E-state index contributed by atoms with van der Waals surface area (Å²) in [5.74, 6) is -0.685. The number of carbonyl (C=O) groups is 2. The van der Waals surface area contributed by atoms with Crippen molar-refractivity contribution in [2.75, 3.05) is 10.6 Å². The molecule has 4 rings (SSSR count). The van der Waals surface area contributed by atoms with E-state index in [1.54, 1.807) is 45.0 Å². The number of esters is 1. The Morgan fingerprint density at radius 2 is 1.82 bits per heavy atom. The molecule has 2 heterocycles. The van der Waals surface area contributed by atoms with Gasteiger partial charge in [-0.05, 0) is 62.7 Å². The van der Waals surface area contributed by atoms with Crippen LogP contribution in [0.15, 0.2) is 64.3 Å². The van der Waals surface area contributed by atoms with Gasteiger partial charge < -0.3 is 15.4 Å². The summed E-state index contributed by atoms with van der Waals surface area (Å²) >= 11 is 9.40. The Balaban J connectivity index is 1.76. The second kappa shape index (κ2) is 9.36. The zero-order valence-electron chi connectivity index (χ0n) is 18.1. The molecule has 0 radical (unpaired) electrons. The molecule has 1 atom stereocenters. The normalized spacial score (nSPS) is 15.2. The van der Waals surface area contributed by atoms with E-state index in [0.717, 1.165) is 10.0 Å².